The third-order valence-electron chi connectivity index (χ3n) is 5.35. The van der Waals surface area contributed by atoms with Gasteiger partial charge in [0.15, 0.2) is 0 Å². The molecule has 2 bridgehead atoms. The van der Waals surface area contributed by atoms with Crippen LogP contribution in [0.5, 0.6) is 0 Å². The van der Waals surface area contributed by atoms with Crippen molar-refractivity contribution >= 4 is 18.2 Å². The number of aliphatic carboxylic acids is 1. The number of hydrogen-bond donors (Lipinski definition) is 3. The molecule has 158 valence electrons. The lowest BCUT2D eigenvalue weighted by atomic mass is 9.38. The van der Waals surface area contributed by atoms with Crippen LogP contribution >= 0.6 is 0 Å². The van der Waals surface area contributed by atoms with E-state index in [0.29, 0.717) is 25.7 Å². The maximum atomic E-state index is 12.0. The number of carbonyl (C=O) groups excluding carboxylic acids is 2. The minimum absolute atomic E-state index is 0.0765. The van der Waals surface area contributed by atoms with Crippen LogP contribution in [0.15, 0.2) is 30.3 Å². The van der Waals surface area contributed by atoms with Crippen LogP contribution in [0.1, 0.15) is 52.0 Å². The minimum atomic E-state index is -1.10. The molecule has 1 aromatic rings. The summed E-state index contributed by atoms with van der Waals surface area (Å²) >= 11 is 0. The van der Waals surface area contributed by atoms with Crippen LogP contribution in [0, 0.1) is 5.41 Å². The van der Waals surface area contributed by atoms with Gasteiger partial charge in [-0.05, 0) is 57.4 Å². The lowest BCUT2D eigenvalue weighted by Gasteiger charge is -2.71. The molecule has 29 heavy (non-hydrogen) atoms. The second-order valence-electron chi connectivity index (χ2n) is 9.24. The first-order valence-corrected chi connectivity index (χ1v) is 9.71. The van der Waals surface area contributed by atoms with Crippen LogP contribution < -0.4 is 10.6 Å². The van der Waals surface area contributed by atoms with Gasteiger partial charge in [-0.1, -0.05) is 30.3 Å². The number of alkyl carbamates (subject to hydrolysis) is 2. The molecule has 0 heterocycles. The van der Waals surface area contributed by atoms with E-state index in [1.807, 2.05) is 30.3 Å². The summed E-state index contributed by atoms with van der Waals surface area (Å²) in [6.45, 7) is 5.48. The Balaban J connectivity index is 1.45. The summed E-state index contributed by atoms with van der Waals surface area (Å²) in [7, 11) is 0. The summed E-state index contributed by atoms with van der Waals surface area (Å²) in [6, 6.07) is 8.14. The fourth-order valence-electron chi connectivity index (χ4n) is 4.41. The third kappa shape index (κ3) is 5.19. The van der Waals surface area contributed by atoms with Gasteiger partial charge >= 0.3 is 18.2 Å². The molecule has 0 saturated heterocycles. The topological polar surface area (TPSA) is 114 Å². The highest BCUT2D eigenvalue weighted by Crippen LogP contribution is 2.69. The summed E-state index contributed by atoms with van der Waals surface area (Å²) in [6.07, 6.45) is 1.15. The van der Waals surface area contributed by atoms with Crippen LogP contribution in [-0.4, -0.2) is 40.4 Å². The van der Waals surface area contributed by atoms with E-state index in [-0.39, 0.29) is 17.6 Å². The van der Waals surface area contributed by atoms with E-state index in [1.54, 1.807) is 20.8 Å². The number of hydrogen-bond acceptors (Lipinski definition) is 5. The van der Waals surface area contributed by atoms with Crippen molar-refractivity contribution in [2.24, 2.45) is 5.41 Å². The first-order chi connectivity index (χ1) is 13.5. The molecule has 1 unspecified atom stereocenters. The molecular formula is C21H28N2O6. The summed E-state index contributed by atoms with van der Waals surface area (Å²) in [5.74, 6) is -1.10. The lowest BCUT2D eigenvalue weighted by molar-refractivity contribution is -0.168. The number of nitrogens with one attached hydrogen (secondary N) is 2. The fraction of sp³-hybridized carbons (Fsp3) is 0.571. The lowest BCUT2D eigenvalue weighted by Crippen LogP contribution is -2.75. The maximum absolute atomic E-state index is 12.0. The Morgan fingerprint density at radius 1 is 1.10 bits per heavy atom. The van der Waals surface area contributed by atoms with Gasteiger partial charge < -0.3 is 25.2 Å². The molecule has 1 atom stereocenters. The van der Waals surface area contributed by atoms with Gasteiger partial charge in [0, 0.05) is 5.54 Å². The molecule has 0 aliphatic heterocycles. The van der Waals surface area contributed by atoms with Gasteiger partial charge in [0.1, 0.15) is 18.2 Å². The van der Waals surface area contributed by atoms with Crippen LogP contribution in [-0.2, 0) is 20.9 Å². The van der Waals surface area contributed by atoms with E-state index >= 15 is 0 Å². The predicted octanol–water partition coefficient (Wildman–Crippen LogP) is 3.20. The number of benzene rings is 1. The zero-order valence-electron chi connectivity index (χ0n) is 17.0. The van der Waals surface area contributed by atoms with Crippen LogP contribution in [0.25, 0.3) is 0 Å². The highest BCUT2D eigenvalue weighted by Gasteiger charge is 2.69. The highest BCUT2D eigenvalue weighted by atomic mass is 16.6. The Morgan fingerprint density at radius 2 is 1.72 bits per heavy atom. The molecule has 3 saturated carbocycles. The molecule has 8 nitrogen and oxygen atoms in total. The minimum Gasteiger partial charge on any atom is -0.480 e. The van der Waals surface area contributed by atoms with Crippen molar-refractivity contribution in [3.63, 3.8) is 0 Å². The predicted molar refractivity (Wildman–Crippen MR) is 104 cm³/mol. The van der Waals surface area contributed by atoms with E-state index in [4.69, 9.17) is 9.47 Å². The Bertz CT molecular complexity index is 766. The summed E-state index contributed by atoms with van der Waals surface area (Å²) in [5, 5.41) is 14.8. The Hall–Kier alpha value is -2.77. The molecule has 3 N–H and O–H groups in total. The number of carboxylic acid groups (broad SMARTS) is 1. The van der Waals surface area contributed by atoms with E-state index in [2.05, 4.69) is 10.6 Å². The fourth-order valence-corrected chi connectivity index (χ4v) is 4.41. The SMILES string of the molecule is CC(C)(C)OC(=O)NC12CC(CC(NC(=O)OCc3ccccc3)C(=O)O)(C1)C2. The smallest absolute Gasteiger partial charge is 0.408 e. The second kappa shape index (κ2) is 7.57. The van der Waals surface area contributed by atoms with Gasteiger partial charge in [0.05, 0.1) is 0 Å². The first-order valence-electron chi connectivity index (χ1n) is 9.71. The molecule has 0 aromatic heterocycles. The average Bonchev–Trinajstić information content (AvgIpc) is 2.55. The van der Waals surface area contributed by atoms with Gasteiger partial charge in [-0.25, -0.2) is 14.4 Å². The average molecular weight is 404 g/mol. The molecule has 8 heteroatoms. The number of carboxylic acids is 1. The number of carbonyl (C=O) groups is 3. The molecule has 1 aromatic carbocycles. The van der Waals surface area contributed by atoms with E-state index < -0.39 is 29.8 Å². The van der Waals surface area contributed by atoms with Crippen molar-refractivity contribution in [1.29, 1.82) is 0 Å². The standard InChI is InChI=1S/C21H28N2O6/c1-19(2,3)29-18(27)23-21-11-20(12-21,13-21)9-15(16(24)25)22-17(26)28-10-14-7-5-4-6-8-14/h4-8,15H,9-13H2,1-3H3,(H,22,26)(H,23,27)(H,24,25). The van der Waals surface area contributed by atoms with Gasteiger partial charge in [0.2, 0.25) is 0 Å². The molecule has 0 spiro atoms. The van der Waals surface area contributed by atoms with E-state index in [9.17, 15) is 19.5 Å². The van der Waals surface area contributed by atoms with Gasteiger partial charge in [0.25, 0.3) is 0 Å². The van der Waals surface area contributed by atoms with Crippen molar-refractivity contribution < 1.29 is 29.0 Å². The molecule has 4 rings (SSSR count). The summed E-state index contributed by atoms with van der Waals surface area (Å²) in [5.41, 5.74) is -0.225. The molecule has 2 amide bonds. The van der Waals surface area contributed by atoms with Gasteiger partial charge in [-0.3, -0.25) is 0 Å². The Kier molecular flexibility index (Phi) is 5.47. The molecular weight excluding hydrogens is 376 g/mol. The van der Waals surface area contributed by atoms with Crippen molar-refractivity contribution in [3.05, 3.63) is 35.9 Å². The van der Waals surface area contributed by atoms with Crippen LogP contribution in [0.3, 0.4) is 0 Å². The monoisotopic (exact) mass is 404 g/mol. The zero-order chi connectivity index (χ0) is 21.3. The molecule has 3 aliphatic rings. The largest absolute Gasteiger partial charge is 0.480 e. The van der Waals surface area contributed by atoms with Crippen molar-refractivity contribution in [1.82, 2.24) is 10.6 Å². The quantitative estimate of drug-likeness (QED) is 0.643. The highest BCUT2D eigenvalue weighted by molar-refractivity contribution is 5.80. The second-order valence-corrected chi connectivity index (χ2v) is 9.24. The Morgan fingerprint density at radius 3 is 2.28 bits per heavy atom. The third-order valence-corrected chi connectivity index (χ3v) is 5.35. The van der Waals surface area contributed by atoms with Gasteiger partial charge in [-0.15, -0.1) is 0 Å². The molecule has 0 radical (unpaired) electrons. The van der Waals surface area contributed by atoms with Crippen molar-refractivity contribution in [2.45, 2.75) is 70.2 Å². The maximum Gasteiger partial charge on any atom is 0.408 e. The number of rotatable bonds is 7. The Labute approximate surface area is 169 Å². The summed E-state index contributed by atoms with van der Waals surface area (Å²) < 4.78 is 10.4. The van der Waals surface area contributed by atoms with E-state index in [1.165, 1.54) is 0 Å². The molecule has 3 fully saturated rings. The number of amides is 2. The summed E-state index contributed by atoms with van der Waals surface area (Å²) in [4.78, 5) is 35.6. The molecule has 3 aliphatic carbocycles. The van der Waals surface area contributed by atoms with Crippen molar-refractivity contribution in [2.75, 3.05) is 0 Å². The van der Waals surface area contributed by atoms with Crippen LogP contribution in [0.2, 0.25) is 0 Å². The van der Waals surface area contributed by atoms with E-state index in [0.717, 1.165) is 5.56 Å². The zero-order valence-corrected chi connectivity index (χ0v) is 17.0. The number of ether oxygens (including phenoxy) is 2. The van der Waals surface area contributed by atoms with Gasteiger partial charge in [-0.2, -0.15) is 0 Å². The first kappa shape index (κ1) is 21.0. The normalized spacial score (nSPS) is 25.6. The van der Waals surface area contributed by atoms with Crippen LogP contribution in [0.4, 0.5) is 9.59 Å². The van der Waals surface area contributed by atoms with Crippen molar-refractivity contribution in [3.8, 4) is 0 Å².